The monoisotopic (exact) mass is 280 g/mol. The second-order valence-corrected chi connectivity index (χ2v) is 4.14. The zero-order valence-corrected chi connectivity index (χ0v) is 9.85. The molecule has 0 aliphatic heterocycles. The van der Waals surface area contributed by atoms with Crippen molar-refractivity contribution < 1.29 is 18.0 Å². The van der Waals surface area contributed by atoms with Crippen LogP contribution in [0.15, 0.2) is 30.7 Å². The van der Waals surface area contributed by atoms with Crippen molar-refractivity contribution in [3.8, 4) is 0 Å². The van der Waals surface area contributed by atoms with Crippen LogP contribution in [0.5, 0.6) is 0 Å². The molecule has 102 valence electrons. The number of carbonyl (C=O) groups excluding carboxylic acids is 1. The third-order valence-electron chi connectivity index (χ3n) is 2.91. The van der Waals surface area contributed by atoms with E-state index in [-0.39, 0.29) is 22.1 Å². The van der Waals surface area contributed by atoms with E-state index < -0.39 is 17.8 Å². The second kappa shape index (κ2) is 3.92. The lowest BCUT2D eigenvalue weighted by Crippen LogP contribution is -2.15. The highest BCUT2D eigenvalue weighted by Gasteiger charge is 2.35. The zero-order chi connectivity index (χ0) is 14.5. The lowest BCUT2D eigenvalue weighted by atomic mass is 10.1. The van der Waals surface area contributed by atoms with Gasteiger partial charge in [0, 0.05) is 24.0 Å². The van der Waals surface area contributed by atoms with Crippen LogP contribution >= 0.6 is 0 Å². The molecule has 3 aromatic rings. The maximum atomic E-state index is 13.0. The minimum atomic E-state index is -4.61. The summed E-state index contributed by atoms with van der Waals surface area (Å²) in [4.78, 5) is 18.6. The molecule has 0 aromatic carbocycles. The summed E-state index contributed by atoms with van der Waals surface area (Å²) in [5.74, 6) is -0.756. The van der Waals surface area contributed by atoms with Crippen LogP contribution in [0, 0.1) is 0 Å². The van der Waals surface area contributed by atoms with E-state index in [1.54, 1.807) is 0 Å². The normalized spacial score (nSPS) is 12.2. The van der Waals surface area contributed by atoms with Gasteiger partial charge in [-0.1, -0.05) is 0 Å². The van der Waals surface area contributed by atoms with Gasteiger partial charge in [0.1, 0.15) is 5.65 Å². The number of nitrogens with two attached hydrogens (primary N) is 1. The summed E-state index contributed by atoms with van der Waals surface area (Å²) in [5.41, 5.74) is 4.17. The van der Waals surface area contributed by atoms with Crippen LogP contribution in [-0.2, 0) is 6.18 Å². The summed E-state index contributed by atoms with van der Waals surface area (Å²) < 4.78 is 40.2. The number of halogens is 3. The predicted octanol–water partition coefficient (Wildman–Crippen LogP) is 2.00. The van der Waals surface area contributed by atoms with Crippen LogP contribution < -0.4 is 5.73 Å². The van der Waals surface area contributed by atoms with E-state index in [1.165, 1.54) is 28.9 Å². The lowest BCUT2D eigenvalue weighted by molar-refractivity contribution is -0.139. The van der Waals surface area contributed by atoms with E-state index in [0.717, 1.165) is 6.20 Å². The van der Waals surface area contributed by atoms with Crippen molar-refractivity contribution in [2.24, 2.45) is 5.73 Å². The fourth-order valence-electron chi connectivity index (χ4n) is 2.13. The Morgan fingerprint density at radius 2 is 2.00 bits per heavy atom. The molecule has 3 aromatic heterocycles. The van der Waals surface area contributed by atoms with Gasteiger partial charge in [0.2, 0.25) is 0 Å². The number of nitrogens with zero attached hydrogens (tertiary/aromatic N) is 3. The molecule has 3 rings (SSSR count). The summed E-state index contributed by atoms with van der Waals surface area (Å²) in [6.07, 6.45) is -0.932. The fraction of sp³-hybridized carbons (Fsp3) is 0.0833. The number of imidazole rings is 1. The zero-order valence-electron chi connectivity index (χ0n) is 9.85. The average molecular weight is 280 g/mol. The van der Waals surface area contributed by atoms with Gasteiger partial charge in [-0.15, -0.1) is 0 Å². The van der Waals surface area contributed by atoms with Crippen molar-refractivity contribution in [2.45, 2.75) is 6.18 Å². The third kappa shape index (κ3) is 1.68. The minimum absolute atomic E-state index is 0.0572. The van der Waals surface area contributed by atoms with Gasteiger partial charge < -0.3 is 5.73 Å². The predicted molar refractivity (Wildman–Crippen MR) is 64.0 cm³/mol. The first-order valence-corrected chi connectivity index (χ1v) is 5.51. The summed E-state index contributed by atoms with van der Waals surface area (Å²) in [6, 6.07) is 2.67. The van der Waals surface area contributed by atoms with Crippen molar-refractivity contribution >= 4 is 22.5 Å². The van der Waals surface area contributed by atoms with Crippen molar-refractivity contribution in [1.29, 1.82) is 0 Å². The molecule has 0 spiro atoms. The van der Waals surface area contributed by atoms with E-state index in [4.69, 9.17) is 5.73 Å². The van der Waals surface area contributed by atoms with E-state index in [2.05, 4.69) is 9.97 Å². The topological polar surface area (TPSA) is 73.3 Å². The largest absolute Gasteiger partial charge is 0.435 e. The van der Waals surface area contributed by atoms with Crippen molar-refractivity contribution in [2.75, 3.05) is 0 Å². The number of amides is 1. The van der Waals surface area contributed by atoms with Crippen LogP contribution in [0.25, 0.3) is 16.6 Å². The van der Waals surface area contributed by atoms with Gasteiger partial charge in [-0.25, -0.2) is 9.97 Å². The Bertz CT molecular complexity index is 838. The lowest BCUT2D eigenvalue weighted by Gasteiger charge is -2.12. The Morgan fingerprint density at radius 3 is 2.65 bits per heavy atom. The average Bonchev–Trinajstić information content (AvgIpc) is 2.84. The smallest absolute Gasteiger partial charge is 0.365 e. The number of aromatic nitrogens is 3. The number of hydrogen-bond acceptors (Lipinski definition) is 3. The highest BCUT2D eigenvalue weighted by Crippen LogP contribution is 2.33. The van der Waals surface area contributed by atoms with Crippen LogP contribution in [-0.4, -0.2) is 20.3 Å². The first kappa shape index (κ1) is 12.4. The second-order valence-electron chi connectivity index (χ2n) is 4.14. The molecule has 0 aliphatic rings. The summed E-state index contributed by atoms with van der Waals surface area (Å²) in [7, 11) is 0. The van der Waals surface area contributed by atoms with Gasteiger partial charge >= 0.3 is 6.18 Å². The summed E-state index contributed by atoms with van der Waals surface area (Å²) in [6.45, 7) is 0. The van der Waals surface area contributed by atoms with Crippen LogP contribution in [0.2, 0.25) is 0 Å². The van der Waals surface area contributed by atoms with Gasteiger partial charge in [0.25, 0.3) is 5.91 Å². The molecular formula is C12H7F3N4O. The van der Waals surface area contributed by atoms with Crippen molar-refractivity contribution in [3.05, 3.63) is 42.0 Å². The molecule has 1 amide bonds. The van der Waals surface area contributed by atoms with Crippen molar-refractivity contribution in [3.63, 3.8) is 0 Å². The number of hydrogen-bond donors (Lipinski definition) is 1. The maximum Gasteiger partial charge on any atom is 0.435 e. The van der Waals surface area contributed by atoms with E-state index in [9.17, 15) is 18.0 Å². The summed E-state index contributed by atoms with van der Waals surface area (Å²) >= 11 is 0. The molecule has 20 heavy (non-hydrogen) atoms. The quantitative estimate of drug-likeness (QED) is 0.741. The molecule has 2 N–H and O–H groups in total. The highest BCUT2D eigenvalue weighted by molar-refractivity contribution is 6.03. The Kier molecular flexibility index (Phi) is 2.43. The molecule has 0 fully saturated rings. The Labute approximate surface area is 109 Å². The Morgan fingerprint density at radius 1 is 1.25 bits per heavy atom. The van der Waals surface area contributed by atoms with Gasteiger partial charge in [-0.2, -0.15) is 13.2 Å². The van der Waals surface area contributed by atoms with Crippen LogP contribution in [0.3, 0.4) is 0 Å². The third-order valence-corrected chi connectivity index (χ3v) is 2.91. The first-order valence-electron chi connectivity index (χ1n) is 5.51. The van der Waals surface area contributed by atoms with Crippen LogP contribution in [0.1, 0.15) is 16.1 Å². The van der Waals surface area contributed by atoms with E-state index >= 15 is 0 Å². The Balaban J connectivity index is 2.55. The molecular weight excluding hydrogens is 273 g/mol. The van der Waals surface area contributed by atoms with Gasteiger partial charge in [-0.05, 0) is 12.1 Å². The minimum Gasteiger partial charge on any atom is -0.365 e. The SMILES string of the molecule is NC(=O)c1cc2ccnc(C(F)(F)F)c2n2ccnc12. The van der Waals surface area contributed by atoms with E-state index in [0.29, 0.717) is 0 Å². The number of fused-ring (bicyclic) bond motifs is 3. The van der Waals surface area contributed by atoms with Gasteiger partial charge in [0.05, 0.1) is 11.1 Å². The highest BCUT2D eigenvalue weighted by atomic mass is 19.4. The molecule has 0 aliphatic carbocycles. The first-order chi connectivity index (χ1) is 9.39. The number of carbonyl (C=O) groups is 1. The van der Waals surface area contributed by atoms with E-state index in [1.807, 2.05) is 0 Å². The molecule has 3 heterocycles. The Hall–Kier alpha value is -2.64. The number of alkyl halides is 3. The molecule has 0 bridgehead atoms. The molecule has 0 radical (unpaired) electrons. The van der Waals surface area contributed by atoms with Crippen LogP contribution in [0.4, 0.5) is 13.2 Å². The molecule has 0 saturated carbocycles. The number of primary amides is 1. The number of rotatable bonds is 1. The molecule has 5 nitrogen and oxygen atoms in total. The van der Waals surface area contributed by atoms with Gasteiger partial charge in [-0.3, -0.25) is 9.20 Å². The van der Waals surface area contributed by atoms with Gasteiger partial charge in [0.15, 0.2) is 5.69 Å². The maximum absolute atomic E-state index is 13.0. The number of pyridine rings is 2. The fourth-order valence-corrected chi connectivity index (χ4v) is 2.13. The molecule has 0 saturated heterocycles. The molecule has 0 unspecified atom stereocenters. The summed E-state index contributed by atoms with van der Waals surface area (Å²) in [5, 5.41) is 0.214. The molecule has 0 atom stereocenters. The van der Waals surface area contributed by atoms with Crippen molar-refractivity contribution in [1.82, 2.24) is 14.4 Å². The molecule has 8 heteroatoms. The standard InChI is InChI=1S/C12H7F3N4O/c13-12(14,15)9-8-6(1-2-17-9)5-7(10(16)20)11-18-3-4-19(8)11/h1-5H,(H2,16,20).